The first-order chi connectivity index (χ1) is 31.8. The second kappa shape index (κ2) is 14.5. The summed E-state index contributed by atoms with van der Waals surface area (Å²) in [7, 11) is -2.94. The first-order valence-electron chi connectivity index (χ1n) is 22.1. The highest BCUT2D eigenvalue weighted by Gasteiger charge is 2.43. The van der Waals surface area contributed by atoms with Crippen LogP contribution in [0.2, 0.25) is 0 Å². The van der Waals surface area contributed by atoms with E-state index in [2.05, 4.69) is 262 Å². The number of hydrogen-bond acceptors (Lipinski definition) is 0. The number of aromatic nitrogens is 3. The highest BCUT2D eigenvalue weighted by molar-refractivity contribution is 7.20. The lowest BCUT2D eigenvalue weighted by molar-refractivity contribution is 1.15. The van der Waals surface area contributed by atoms with Gasteiger partial charge in [0.05, 0.1) is 33.1 Å². The van der Waals surface area contributed by atoms with Gasteiger partial charge < -0.3 is 13.7 Å². The fraction of sp³-hybridized carbons (Fsp3) is 0. The first-order valence-corrected chi connectivity index (χ1v) is 24.1. The van der Waals surface area contributed by atoms with Crippen molar-refractivity contribution < 1.29 is 0 Å². The van der Waals surface area contributed by atoms with Crippen molar-refractivity contribution in [1.29, 1.82) is 0 Å². The Hall–Kier alpha value is -8.18. The van der Waals surface area contributed by atoms with Crippen molar-refractivity contribution in [2.75, 3.05) is 0 Å². The van der Waals surface area contributed by atoms with Crippen LogP contribution in [-0.2, 0) is 0 Å². The van der Waals surface area contributed by atoms with Crippen LogP contribution in [0.25, 0.3) is 82.5 Å². The second-order valence-corrected chi connectivity index (χ2v) is 20.6. The molecule has 0 saturated heterocycles. The van der Waals surface area contributed by atoms with Gasteiger partial charge in [-0.15, -0.1) is 0 Å². The highest BCUT2D eigenvalue weighted by atomic mass is 28.3. The van der Waals surface area contributed by atoms with Gasteiger partial charge in [0.1, 0.15) is 0 Å². The molecule has 3 aromatic heterocycles. The Morgan fingerprint density at radius 3 is 1.22 bits per heavy atom. The third-order valence-corrected chi connectivity index (χ3v) is 18.4. The summed E-state index contributed by atoms with van der Waals surface area (Å²) in [6.07, 6.45) is 0. The van der Waals surface area contributed by atoms with Gasteiger partial charge in [-0.3, -0.25) is 0 Å². The predicted molar refractivity (Wildman–Crippen MR) is 273 cm³/mol. The Kier molecular flexibility index (Phi) is 8.23. The zero-order chi connectivity index (χ0) is 42.2. The largest absolute Gasteiger partial charge is 0.309 e. The van der Waals surface area contributed by atoms with Gasteiger partial charge in [0.2, 0.25) is 0 Å². The fourth-order valence-electron chi connectivity index (χ4n) is 11.0. The maximum Gasteiger partial charge on any atom is 0.181 e. The van der Waals surface area contributed by atoms with E-state index in [-0.39, 0.29) is 0 Å². The Labute approximate surface area is 372 Å². The third kappa shape index (κ3) is 5.27. The minimum absolute atomic E-state index is 1.13. The van der Waals surface area contributed by atoms with E-state index in [9.17, 15) is 0 Å². The average molecular weight is 832 g/mol. The van der Waals surface area contributed by atoms with E-state index >= 15 is 0 Å². The molecule has 3 heterocycles. The van der Waals surface area contributed by atoms with E-state index in [0.29, 0.717) is 0 Å². The number of hydrogen-bond donors (Lipinski definition) is 0. The van der Waals surface area contributed by atoms with Crippen molar-refractivity contribution in [2.45, 2.75) is 0 Å². The van der Waals surface area contributed by atoms with Crippen LogP contribution in [0.15, 0.2) is 249 Å². The lowest BCUT2D eigenvalue weighted by Gasteiger charge is -2.35. The molecule has 10 aromatic carbocycles. The van der Waals surface area contributed by atoms with Gasteiger partial charge in [0.25, 0.3) is 0 Å². The normalized spacial score (nSPS) is 12.1. The van der Waals surface area contributed by atoms with Crippen LogP contribution in [0.5, 0.6) is 0 Å². The van der Waals surface area contributed by atoms with Gasteiger partial charge in [-0.1, -0.05) is 188 Å². The van der Waals surface area contributed by atoms with Crippen molar-refractivity contribution in [3.05, 3.63) is 249 Å². The summed E-state index contributed by atoms with van der Waals surface area (Å²) in [5.41, 5.74) is 10.6. The molecule has 0 aliphatic rings. The number of fused-ring (bicyclic) bond motifs is 9. The van der Waals surface area contributed by atoms with Gasteiger partial charge in [0.15, 0.2) is 8.07 Å². The maximum atomic E-state index is 2.56. The summed E-state index contributed by atoms with van der Waals surface area (Å²) in [5.74, 6) is 0. The summed E-state index contributed by atoms with van der Waals surface area (Å²) < 4.78 is 7.44. The standard InChI is InChI=1S/C60H41N3Si/c1-5-20-42(21-6-1)61-57-39-37-43(62-54-32-16-13-28-48(54)49-29-14-17-33-55(49)62)40-53(57)51-38-36-44(41-58(51)61)63-56-34-18-15-30-50(56)52-31-19-35-59(60(52)63)64(45-22-7-2-8-23-45,46-24-9-3-10-25-46)47-26-11-4-12-27-47/h1-41H. The predicted octanol–water partition coefficient (Wildman–Crippen LogP) is 12.4. The molecule has 3 nitrogen and oxygen atoms in total. The SMILES string of the molecule is c1ccc(-n2c3ccc(-n4c5ccccc5c5ccccc54)cc3c3ccc(-n4c5ccccc5c5cccc([Si](c6ccccc6)(c6ccccc6)c6ccccc6)c54)cc32)cc1. The fourth-order valence-corrected chi connectivity index (χ4v) is 15.9. The van der Waals surface area contributed by atoms with Gasteiger partial charge in [-0.25, -0.2) is 0 Å². The smallest absolute Gasteiger partial charge is 0.181 e. The summed E-state index contributed by atoms with van der Waals surface area (Å²) in [5, 5.41) is 12.9. The molecule has 0 saturated carbocycles. The van der Waals surface area contributed by atoms with E-state index in [1.165, 1.54) is 86.2 Å². The molecule has 0 amide bonds. The van der Waals surface area contributed by atoms with Crippen LogP contribution in [0.1, 0.15) is 0 Å². The van der Waals surface area contributed by atoms with Gasteiger partial charge in [0, 0.05) is 49.4 Å². The molecule has 0 fully saturated rings. The molecule has 0 radical (unpaired) electrons. The van der Waals surface area contributed by atoms with Crippen LogP contribution in [0.3, 0.4) is 0 Å². The van der Waals surface area contributed by atoms with Gasteiger partial charge in [-0.2, -0.15) is 0 Å². The van der Waals surface area contributed by atoms with Crippen LogP contribution in [0, 0.1) is 0 Å². The lowest BCUT2D eigenvalue weighted by Crippen LogP contribution is -2.75. The third-order valence-electron chi connectivity index (χ3n) is 13.6. The highest BCUT2D eigenvalue weighted by Crippen LogP contribution is 2.39. The number of para-hydroxylation sites is 5. The number of benzene rings is 10. The van der Waals surface area contributed by atoms with Crippen molar-refractivity contribution in [2.24, 2.45) is 0 Å². The van der Waals surface area contributed by atoms with Gasteiger partial charge >= 0.3 is 0 Å². The van der Waals surface area contributed by atoms with E-state index in [4.69, 9.17) is 0 Å². The maximum absolute atomic E-state index is 2.94. The van der Waals surface area contributed by atoms with Crippen molar-refractivity contribution in [3.63, 3.8) is 0 Å². The topological polar surface area (TPSA) is 14.8 Å². The van der Waals surface area contributed by atoms with Crippen molar-refractivity contribution >= 4 is 94.2 Å². The Morgan fingerprint density at radius 1 is 0.234 bits per heavy atom. The molecule has 0 unspecified atom stereocenters. The summed E-state index contributed by atoms with van der Waals surface area (Å²) in [4.78, 5) is 0. The Balaban J connectivity index is 1.13. The molecule has 0 aliphatic heterocycles. The van der Waals surface area contributed by atoms with E-state index < -0.39 is 8.07 Å². The minimum atomic E-state index is -2.94. The molecule has 0 aliphatic carbocycles. The quantitative estimate of drug-likeness (QED) is 0.112. The molecule has 0 atom stereocenters. The molecule has 64 heavy (non-hydrogen) atoms. The Bertz CT molecular complexity index is 3730. The van der Waals surface area contributed by atoms with E-state index in [0.717, 1.165) is 17.1 Å². The monoisotopic (exact) mass is 831 g/mol. The average Bonchev–Trinajstić information content (AvgIpc) is 4.01. The first kappa shape index (κ1) is 36.5. The summed E-state index contributed by atoms with van der Waals surface area (Å²) >= 11 is 0. The second-order valence-electron chi connectivity index (χ2n) is 16.8. The zero-order valence-electron chi connectivity index (χ0n) is 35.0. The molecule has 4 heteroatoms. The number of nitrogens with zero attached hydrogens (tertiary/aromatic N) is 3. The molecule has 13 rings (SSSR count). The summed E-state index contributed by atoms with van der Waals surface area (Å²) in [6.45, 7) is 0. The van der Waals surface area contributed by atoms with Crippen molar-refractivity contribution in [1.82, 2.24) is 13.7 Å². The van der Waals surface area contributed by atoms with Crippen LogP contribution < -0.4 is 20.7 Å². The molecule has 300 valence electrons. The molecule has 0 N–H and O–H groups in total. The zero-order valence-corrected chi connectivity index (χ0v) is 36.0. The molecule has 0 bridgehead atoms. The molecule has 13 aromatic rings. The van der Waals surface area contributed by atoms with E-state index in [1.54, 1.807) is 0 Å². The lowest BCUT2D eigenvalue weighted by atomic mass is 10.1. The minimum Gasteiger partial charge on any atom is -0.309 e. The van der Waals surface area contributed by atoms with Crippen LogP contribution >= 0.6 is 0 Å². The summed E-state index contributed by atoms with van der Waals surface area (Å²) in [6, 6.07) is 92.3. The number of rotatable bonds is 7. The van der Waals surface area contributed by atoms with Crippen LogP contribution in [0.4, 0.5) is 0 Å². The van der Waals surface area contributed by atoms with Crippen molar-refractivity contribution in [3.8, 4) is 17.1 Å². The van der Waals surface area contributed by atoms with Crippen LogP contribution in [-0.4, -0.2) is 21.8 Å². The Morgan fingerprint density at radius 2 is 0.641 bits per heavy atom. The van der Waals surface area contributed by atoms with Gasteiger partial charge in [-0.05, 0) is 81.4 Å². The molecular weight excluding hydrogens is 791 g/mol. The molecule has 0 spiro atoms. The molecular formula is C60H41N3Si. The van der Waals surface area contributed by atoms with E-state index in [1.807, 2.05) is 0 Å².